The van der Waals surface area contributed by atoms with Crippen LogP contribution in [0.1, 0.15) is 13.8 Å². The lowest BCUT2D eigenvalue weighted by atomic mass is 10.1. The van der Waals surface area contributed by atoms with Gasteiger partial charge in [-0.1, -0.05) is 6.07 Å². The number of aromatic nitrogens is 1. The van der Waals surface area contributed by atoms with Gasteiger partial charge in [0.1, 0.15) is 12.4 Å². The molecule has 106 valence electrons. The maximum atomic E-state index is 10.8. The maximum absolute atomic E-state index is 10.8. The molecule has 0 aliphatic heterocycles. The number of pyridine rings is 1. The highest BCUT2D eigenvalue weighted by Crippen LogP contribution is 2.26. The van der Waals surface area contributed by atoms with Crippen molar-refractivity contribution >= 4 is 28.2 Å². The summed E-state index contributed by atoms with van der Waals surface area (Å²) in [4.78, 5) is 16.8. The molecular formula is C15H19N3O2. The molecule has 0 aliphatic rings. The Morgan fingerprint density at radius 2 is 2.15 bits per heavy atom. The zero-order chi connectivity index (χ0) is 14.7. The average molecular weight is 273 g/mol. The van der Waals surface area contributed by atoms with E-state index in [0.717, 1.165) is 16.5 Å². The molecule has 5 nitrogen and oxygen atoms in total. The van der Waals surface area contributed by atoms with E-state index in [2.05, 4.69) is 24.1 Å². The number of anilines is 2. The van der Waals surface area contributed by atoms with Gasteiger partial charge in [0.05, 0.1) is 0 Å². The van der Waals surface area contributed by atoms with Crippen molar-refractivity contribution in [1.82, 2.24) is 4.98 Å². The number of likely N-dealkylation sites (N-methyl/N-ethyl adjacent to an activating group) is 1. The lowest BCUT2D eigenvalue weighted by Crippen LogP contribution is -2.26. The molecule has 1 aromatic carbocycles. The molecule has 0 unspecified atom stereocenters. The molecule has 1 heterocycles. The fourth-order valence-corrected chi connectivity index (χ4v) is 2.16. The molecule has 2 rings (SSSR count). The zero-order valence-electron chi connectivity index (χ0n) is 11.9. The average Bonchev–Trinajstić information content (AvgIpc) is 2.36. The number of nitrogens with one attached hydrogen (secondary N) is 1. The summed E-state index contributed by atoms with van der Waals surface area (Å²) < 4.78 is 0. The van der Waals surface area contributed by atoms with Gasteiger partial charge in [0, 0.05) is 30.4 Å². The van der Waals surface area contributed by atoms with Crippen LogP contribution in [0.2, 0.25) is 0 Å². The van der Waals surface area contributed by atoms with Gasteiger partial charge >= 0.3 is 5.97 Å². The largest absolute Gasteiger partial charge is 0.480 e. The third kappa shape index (κ3) is 3.17. The zero-order valence-corrected chi connectivity index (χ0v) is 11.9. The first-order chi connectivity index (χ1) is 9.47. The van der Waals surface area contributed by atoms with Crippen LogP contribution in [0.25, 0.3) is 10.8 Å². The summed E-state index contributed by atoms with van der Waals surface area (Å²) >= 11 is 0. The van der Waals surface area contributed by atoms with Gasteiger partial charge in [-0.2, -0.15) is 0 Å². The van der Waals surface area contributed by atoms with Crippen molar-refractivity contribution in [2.24, 2.45) is 0 Å². The van der Waals surface area contributed by atoms with Gasteiger partial charge in [0.2, 0.25) is 0 Å². The number of benzene rings is 1. The van der Waals surface area contributed by atoms with Crippen molar-refractivity contribution in [2.75, 3.05) is 23.8 Å². The summed E-state index contributed by atoms with van der Waals surface area (Å²) in [6.45, 7) is 4.07. The van der Waals surface area contributed by atoms with E-state index in [0.29, 0.717) is 11.9 Å². The molecule has 0 fully saturated rings. The van der Waals surface area contributed by atoms with Gasteiger partial charge in [-0.05, 0) is 37.4 Å². The summed E-state index contributed by atoms with van der Waals surface area (Å²) in [7, 11) is 1.73. The van der Waals surface area contributed by atoms with Crippen molar-refractivity contribution in [3.8, 4) is 0 Å². The summed E-state index contributed by atoms with van der Waals surface area (Å²) in [5.74, 6) is -0.194. The van der Waals surface area contributed by atoms with Crippen LogP contribution in [0.5, 0.6) is 0 Å². The monoisotopic (exact) mass is 273 g/mol. The predicted octanol–water partition coefficient (Wildman–Crippen LogP) is 2.58. The molecular weight excluding hydrogens is 254 g/mol. The lowest BCUT2D eigenvalue weighted by molar-refractivity contribution is -0.135. The van der Waals surface area contributed by atoms with Crippen LogP contribution in [0.15, 0.2) is 30.5 Å². The van der Waals surface area contributed by atoms with Crippen molar-refractivity contribution in [3.63, 3.8) is 0 Å². The number of hydrogen-bond donors (Lipinski definition) is 2. The van der Waals surface area contributed by atoms with Crippen LogP contribution < -0.4 is 10.2 Å². The SMILES string of the molecule is CC(C)Nc1ccc2ccnc(N(C)CC(=O)O)c2c1. The van der Waals surface area contributed by atoms with E-state index < -0.39 is 5.97 Å². The molecule has 1 aromatic heterocycles. The van der Waals surface area contributed by atoms with Gasteiger partial charge in [-0.3, -0.25) is 4.79 Å². The van der Waals surface area contributed by atoms with Crippen molar-refractivity contribution < 1.29 is 9.90 Å². The van der Waals surface area contributed by atoms with E-state index in [1.165, 1.54) is 0 Å². The first-order valence-electron chi connectivity index (χ1n) is 6.55. The smallest absolute Gasteiger partial charge is 0.323 e. The van der Waals surface area contributed by atoms with E-state index in [-0.39, 0.29) is 6.54 Å². The van der Waals surface area contributed by atoms with Gasteiger partial charge < -0.3 is 15.3 Å². The molecule has 0 radical (unpaired) electrons. The number of aliphatic carboxylic acids is 1. The van der Waals surface area contributed by atoms with E-state index in [9.17, 15) is 4.79 Å². The first kappa shape index (κ1) is 14.1. The minimum Gasteiger partial charge on any atom is -0.480 e. The highest BCUT2D eigenvalue weighted by atomic mass is 16.4. The number of carbonyl (C=O) groups is 1. The second-order valence-corrected chi connectivity index (χ2v) is 5.12. The maximum Gasteiger partial charge on any atom is 0.323 e. The lowest BCUT2D eigenvalue weighted by Gasteiger charge is -2.18. The number of nitrogens with zero attached hydrogens (tertiary/aromatic N) is 2. The quantitative estimate of drug-likeness (QED) is 0.876. The van der Waals surface area contributed by atoms with Crippen LogP contribution in [-0.4, -0.2) is 35.7 Å². The van der Waals surface area contributed by atoms with Crippen LogP contribution in [-0.2, 0) is 4.79 Å². The Bertz CT molecular complexity index is 626. The third-order valence-corrected chi connectivity index (χ3v) is 2.93. The molecule has 0 aliphatic carbocycles. The fraction of sp³-hybridized carbons (Fsp3) is 0.333. The predicted molar refractivity (Wildman–Crippen MR) is 81.4 cm³/mol. The Kier molecular flexibility index (Phi) is 4.08. The van der Waals surface area contributed by atoms with Crippen LogP contribution in [0.4, 0.5) is 11.5 Å². The number of rotatable bonds is 5. The fourth-order valence-electron chi connectivity index (χ4n) is 2.16. The third-order valence-electron chi connectivity index (χ3n) is 2.93. The molecule has 0 saturated heterocycles. The number of fused-ring (bicyclic) bond motifs is 1. The van der Waals surface area contributed by atoms with Crippen LogP contribution in [0.3, 0.4) is 0 Å². The van der Waals surface area contributed by atoms with E-state index in [4.69, 9.17) is 5.11 Å². The molecule has 0 saturated carbocycles. The Balaban J connectivity index is 2.45. The first-order valence-corrected chi connectivity index (χ1v) is 6.55. The van der Waals surface area contributed by atoms with E-state index >= 15 is 0 Å². The molecule has 5 heteroatoms. The minimum atomic E-state index is -0.872. The van der Waals surface area contributed by atoms with Gasteiger partial charge in [0.15, 0.2) is 0 Å². The molecule has 2 aromatic rings. The summed E-state index contributed by atoms with van der Waals surface area (Å²) in [5, 5.41) is 14.2. The second kappa shape index (κ2) is 5.77. The molecule has 20 heavy (non-hydrogen) atoms. The van der Waals surface area contributed by atoms with E-state index in [1.54, 1.807) is 18.1 Å². The van der Waals surface area contributed by atoms with E-state index in [1.807, 2.05) is 24.3 Å². The summed E-state index contributed by atoms with van der Waals surface area (Å²) in [6, 6.07) is 8.30. The summed E-state index contributed by atoms with van der Waals surface area (Å²) in [5.41, 5.74) is 1.01. The van der Waals surface area contributed by atoms with Gasteiger partial charge in [0.25, 0.3) is 0 Å². The minimum absolute atomic E-state index is 0.0754. The number of hydrogen-bond acceptors (Lipinski definition) is 4. The molecule has 0 bridgehead atoms. The topological polar surface area (TPSA) is 65.5 Å². The van der Waals surface area contributed by atoms with Crippen molar-refractivity contribution in [1.29, 1.82) is 0 Å². The Morgan fingerprint density at radius 3 is 2.80 bits per heavy atom. The van der Waals surface area contributed by atoms with Crippen LogP contribution in [0, 0.1) is 0 Å². The van der Waals surface area contributed by atoms with Gasteiger partial charge in [-0.15, -0.1) is 0 Å². The molecule has 2 N–H and O–H groups in total. The number of carboxylic acid groups (broad SMARTS) is 1. The highest BCUT2D eigenvalue weighted by Gasteiger charge is 2.11. The molecule has 0 amide bonds. The van der Waals surface area contributed by atoms with Crippen molar-refractivity contribution in [2.45, 2.75) is 19.9 Å². The van der Waals surface area contributed by atoms with Crippen LogP contribution >= 0.6 is 0 Å². The van der Waals surface area contributed by atoms with Gasteiger partial charge in [-0.25, -0.2) is 4.98 Å². The molecule has 0 spiro atoms. The molecule has 0 atom stereocenters. The Labute approximate surface area is 118 Å². The second-order valence-electron chi connectivity index (χ2n) is 5.12. The van der Waals surface area contributed by atoms with Crippen molar-refractivity contribution in [3.05, 3.63) is 30.5 Å². The Hall–Kier alpha value is -2.30. The highest BCUT2D eigenvalue weighted by molar-refractivity contribution is 5.95. The number of carboxylic acids is 1. The standard InChI is InChI=1S/C15H19N3O2/c1-10(2)17-12-5-4-11-6-7-16-15(13(11)8-12)18(3)9-14(19)20/h4-8,10,17H,9H2,1-3H3,(H,19,20). The summed E-state index contributed by atoms with van der Waals surface area (Å²) in [6.07, 6.45) is 1.70. The normalized spacial score (nSPS) is 10.8. The Morgan fingerprint density at radius 1 is 1.40 bits per heavy atom.